The molecule has 1 rings (SSSR count). The minimum absolute atomic E-state index is 0.0451. The van der Waals surface area contributed by atoms with Crippen LogP contribution in [0.4, 0.5) is 0 Å². The lowest BCUT2D eigenvalue weighted by Gasteiger charge is -2.39. The third-order valence-corrected chi connectivity index (χ3v) is 2.39. The molecule has 10 nitrogen and oxygen atoms in total. The Balaban J connectivity index is 2.84. The lowest BCUT2D eigenvalue weighted by atomic mass is 9.97. The number of hydrogen-bond donors (Lipinski definition) is 2. The summed E-state index contributed by atoms with van der Waals surface area (Å²) in [4.78, 5) is 22.8. The zero-order chi connectivity index (χ0) is 13.5. The quantitative estimate of drug-likeness (QED) is 0.254. The Morgan fingerprint density at radius 2 is 2.11 bits per heavy atom. The number of aliphatic hydroxyl groups is 2. The van der Waals surface area contributed by atoms with Crippen molar-refractivity contribution in [2.24, 2.45) is 5.11 Å². The van der Waals surface area contributed by atoms with E-state index in [9.17, 15) is 19.8 Å². The summed E-state index contributed by atoms with van der Waals surface area (Å²) in [5.41, 5.74) is 8.31. The van der Waals surface area contributed by atoms with Crippen molar-refractivity contribution in [1.29, 1.82) is 0 Å². The summed E-state index contributed by atoms with van der Waals surface area (Å²) in [6, 6.07) is -1.29. The molecule has 10 heteroatoms. The third-order valence-electron chi connectivity index (χ3n) is 2.39. The third kappa shape index (κ3) is 3.08. The van der Waals surface area contributed by atoms with Gasteiger partial charge in [-0.1, -0.05) is 5.11 Å². The minimum Gasteiger partial charge on any atom is -0.465 e. The van der Waals surface area contributed by atoms with Gasteiger partial charge in [0.25, 0.3) is 12.9 Å². The molecule has 0 aromatic carbocycles. The maximum absolute atomic E-state index is 10.3. The van der Waals surface area contributed by atoms with Crippen LogP contribution in [0.5, 0.6) is 0 Å². The highest BCUT2D eigenvalue weighted by atomic mass is 16.6. The van der Waals surface area contributed by atoms with E-state index in [4.69, 9.17) is 10.3 Å². The average Bonchev–Trinajstić information content (AvgIpc) is 2.36. The second-order valence-electron chi connectivity index (χ2n) is 3.38. The van der Waals surface area contributed by atoms with Crippen molar-refractivity contribution in [3.63, 3.8) is 0 Å². The molecule has 100 valence electrons. The Bertz CT molecular complexity index is 346. The van der Waals surface area contributed by atoms with Gasteiger partial charge >= 0.3 is 0 Å². The fourth-order valence-electron chi connectivity index (χ4n) is 1.60. The Morgan fingerprint density at radius 3 is 2.67 bits per heavy atom. The predicted molar refractivity (Wildman–Crippen MR) is 52.8 cm³/mol. The summed E-state index contributed by atoms with van der Waals surface area (Å²) in [6.45, 7) is -0.162. The first-order valence-corrected chi connectivity index (χ1v) is 4.85. The van der Waals surface area contributed by atoms with Crippen LogP contribution in [-0.2, 0) is 23.8 Å². The van der Waals surface area contributed by atoms with Crippen LogP contribution in [0.2, 0.25) is 0 Å². The molecule has 5 atom stereocenters. The van der Waals surface area contributed by atoms with Gasteiger partial charge in [0.15, 0.2) is 6.29 Å². The normalized spacial score (nSPS) is 35.1. The maximum Gasteiger partial charge on any atom is 0.293 e. The highest BCUT2D eigenvalue weighted by Gasteiger charge is 2.46. The molecule has 2 unspecified atom stereocenters. The molecule has 18 heavy (non-hydrogen) atoms. The second-order valence-corrected chi connectivity index (χ2v) is 3.38. The van der Waals surface area contributed by atoms with Crippen molar-refractivity contribution in [3.05, 3.63) is 10.4 Å². The van der Waals surface area contributed by atoms with Gasteiger partial charge in [-0.3, -0.25) is 9.59 Å². The van der Waals surface area contributed by atoms with E-state index in [0.717, 1.165) is 0 Å². The summed E-state index contributed by atoms with van der Waals surface area (Å²) < 4.78 is 13.9. The number of carbonyl (C=O) groups excluding carboxylic acids is 2. The van der Waals surface area contributed by atoms with Gasteiger partial charge in [0.05, 0.1) is 0 Å². The summed E-state index contributed by atoms with van der Waals surface area (Å²) >= 11 is 0. The Labute approximate surface area is 101 Å². The molecule has 0 aromatic heterocycles. The van der Waals surface area contributed by atoms with Gasteiger partial charge in [0.1, 0.15) is 31.0 Å². The smallest absolute Gasteiger partial charge is 0.293 e. The second kappa shape index (κ2) is 6.77. The van der Waals surface area contributed by atoms with Crippen LogP contribution in [0.3, 0.4) is 0 Å². The summed E-state index contributed by atoms with van der Waals surface area (Å²) in [5, 5.41) is 22.5. The molecule has 0 radical (unpaired) electrons. The Kier molecular flexibility index (Phi) is 5.33. The van der Waals surface area contributed by atoms with Crippen LogP contribution in [0.25, 0.3) is 10.4 Å². The van der Waals surface area contributed by atoms with E-state index in [0.29, 0.717) is 0 Å². The average molecular weight is 261 g/mol. The molecule has 0 bridgehead atoms. The number of carbonyl (C=O) groups is 2. The van der Waals surface area contributed by atoms with Crippen LogP contribution in [0, 0.1) is 0 Å². The highest BCUT2D eigenvalue weighted by Crippen LogP contribution is 2.24. The van der Waals surface area contributed by atoms with Gasteiger partial charge in [-0.2, -0.15) is 0 Å². The first kappa shape index (κ1) is 14.2. The van der Waals surface area contributed by atoms with E-state index < -0.39 is 30.6 Å². The molecule has 0 aliphatic carbocycles. The molecule has 1 heterocycles. The number of nitrogens with zero attached hydrogens (tertiary/aromatic N) is 3. The van der Waals surface area contributed by atoms with Crippen molar-refractivity contribution >= 4 is 12.9 Å². The molecule has 1 saturated heterocycles. The van der Waals surface area contributed by atoms with E-state index in [1.807, 2.05) is 0 Å². The maximum atomic E-state index is 10.3. The van der Waals surface area contributed by atoms with Crippen LogP contribution in [0.1, 0.15) is 0 Å². The van der Waals surface area contributed by atoms with Crippen molar-refractivity contribution in [2.75, 3.05) is 6.61 Å². The standard InChI is InChI=1S/C8H11N3O7/c9-11-10-5-7(17-3-13)6(14)4(1-16-2-12)18-8(5)15/h2-8,14-15H,1H2/t4?,5-,6+,7?,8+/m0/s1. The molecule has 0 aromatic rings. The number of ether oxygens (including phenoxy) is 3. The monoisotopic (exact) mass is 261 g/mol. The first-order valence-electron chi connectivity index (χ1n) is 4.85. The van der Waals surface area contributed by atoms with Gasteiger partial charge in [0, 0.05) is 4.91 Å². The molecule has 1 fully saturated rings. The van der Waals surface area contributed by atoms with E-state index >= 15 is 0 Å². The minimum atomic E-state index is -1.59. The first-order chi connectivity index (χ1) is 8.65. The topological polar surface area (TPSA) is 151 Å². The largest absolute Gasteiger partial charge is 0.465 e. The molecule has 0 amide bonds. The summed E-state index contributed by atoms with van der Waals surface area (Å²) in [7, 11) is 0. The van der Waals surface area contributed by atoms with Crippen LogP contribution < -0.4 is 0 Å². The zero-order valence-electron chi connectivity index (χ0n) is 9.03. The molecular weight excluding hydrogens is 250 g/mol. The lowest BCUT2D eigenvalue weighted by molar-refractivity contribution is -0.252. The van der Waals surface area contributed by atoms with E-state index in [1.54, 1.807) is 0 Å². The molecule has 1 aliphatic heterocycles. The van der Waals surface area contributed by atoms with Crippen molar-refractivity contribution in [1.82, 2.24) is 0 Å². The Hall–Kier alpha value is -1.87. The number of rotatable bonds is 6. The lowest BCUT2D eigenvalue weighted by Crippen LogP contribution is -2.58. The fourth-order valence-corrected chi connectivity index (χ4v) is 1.60. The van der Waals surface area contributed by atoms with Crippen molar-refractivity contribution < 1.29 is 34.0 Å². The Morgan fingerprint density at radius 1 is 1.39 bits per heavy atom. The zero-order valence-corrected chi connectivity index (χ0v) is 9.03. The van der Waals surface area contributed by atoms with E-state index in [-0.39, 0.29) is 19.6 Å². The SMILES string of the molecule is [N-]=[N+]=N[C@H]1C(OC=O)[C@H](O)C(COC=O)O[C@H]1O. The van der Waals surface area contributed by atoms with Gasteiger partial charge in [-0.05, 0) is 5.53 Å². The summed E-state index contributed by atoms with van der Waals surface area (Å²) in [5.74, 6) is 0. The van der Waals surface area contributed by atoms with Crippen LogP contribution in [0.15, 0.2) is 5.11 Å². The van der Waals surface area contributed by atoms with Crippen molar-refractivity contribution in [3.8, 4) is 0 Å². The summed E-state index contributed by atoms with van der Waals surface area (Å²) in [6.07, 6.45) is -5.38. The predicted octanol–water partition coefficient (Wildman–Crippen LogP) is -1.54. The van der Waals surface area contributed by atoms with E-state index in [1.165, 1.54) is 0 Å². The fraction of sp³-hybridized carbons (Fsp3) is 0.750. The highest BCUT2D eigenvalue weighted by molar-refractivity contribution is 5.38. The molecule has 2 N–H and O–H groups in total. The molecular formula is C8H11N3O7. The molecule has 1 aliphatic rings. The van der Waals surface area contributed by atoms with E-state index in [2.05, 4.69) is 19.5 Å². The van der Waals surface area contributed by atoms with Gasteiger partial charge in [0.2, 0.25) is 0 Å². The van der Waals surface area contributed by atoms with Gasteiger partial charge in [-0.15, -0.1) is 0 Å². The van der Waals surface area contributed by atoms with Crippen LogP contribution >= 0.6 is 0 Å². The van der Waals surface area contributed by atoms with Gasteiger partial charge in [-0.25, -0.2) is 0 Å². The molecule has 0 saturated carbocycles. The number of hydrogen-bond acceptors (Lipinski definition) is 8. The van der Waals surface area contributed by atoms with Gasteiger partial charge < -0.3 is 24.4 Å². The number of azide groups is 1. The van der Waals surface area contributed by atoms with Crippen LogP contribution in [-0.4, -0.2) is 60.4 Å². The number of aliphatic hydroxyl groups excluding tert-OH is 2. The molecule has 0 spiro atoms. The van der Waals surface area contributed by atoms with Crippen molar-refractivity contribution in [2.45, 2.75) is 30.6 Å².